The Bertz CT molecular complexity index is 928. The maximum atomic E-state index is 12.5. The molecule has 1 aliphatic carbocycles. The summed E-state index contributed by atoms with van der Waals surface area (Å²) >= 11 is 0. The molecule has 29 heavy (non-hydrogen) atoms. The van der Waals surface area contributed by atoms with Crippen LogP contribution < -0.4 is 10.1 Å². The first-order valence-electron chi connectivity index (χ1n) is 9.90. The molecule has 0 atom stereocenters. The highest BCUT2D eigenvalue weighted by molar-refractivity contribution is 6.04. The molecule has 2 fully saturated rings. The third-order valence-corrected chi connectivity index (χ3v) is 5.68. The summed E-state index contributed by atoms with van der Waals surface area (Å²) in [7, 11) is 0. The number of aromatic amines is 1. The summed E-state index contributed by atoms with van der Waals surface area (Å²) in [6, 6.07) is 0. The van der Waals surface area contributed by atoms with E-state index in [1.54, 1.807) is 11.1 Å². The SMILES string of the molecule is C=CC(=O)N1CCC(Oc2cnc3[nH]cc(C(=O)NCC4(O)CCC4)c3n2)CC1. The van der Waals surface area contributed by atoms with E-state index < -0.39 is 5.60 Å². The van der Waals surface area contributed by atoms with Crippen LogP contribution in [-0.4, -0.2) is 68.1 Å². The second-order valence-corrected chi connectivity index (χ2v) is 7.71. The fourth-order valence-corrected chi connectivity index (χ4v) is 3.70. The van der Waals surface area contributed by atoms with Crippen LogP contribution in [0, 0.1) is 0 Å². The maximum Gasteiger partial charge on any atom is 0.255 e. The molecule has 1 aliphatic heterocycles. The number of nitrogens with one attached hydrogen (secondary N) is 2. The molecule has 0 unspecified atom stereocenters. The van der Waals surface area contributed by atoms with Crippen LogP contribution in [-0.2, 0) is 4.79 Å². The Kier molecular flexibility index (Phi) is 5.23. The minimum absolute atomic E-state index is 0.0697. The Hall–Kier alpha value is -2.94. The first-order chi connectivity index (χ1) is 14.0. The first kappa shape index (κ1) is 19.4. The fraction of sp³-hybridized carbons (Fsp3) is 0.500. The number of nitrogens with zero attached hydrogens (tertiary/aromatic N) is 3. The van der Waals surface area contributed by atoms with Crippen LogP contribution in [0.25, 0.3) is 11.2 Å². The largest absolute Gasteiger partial charge is 0.473 e. The third-order valence-electron chi connectivity index (χ3n) is 5.68. The zero-order chi connectivity index (χ0) is 20.4. The Labute approximate surface area is 168 Å². The van der Waals surface area contributed by atoms with E-state index in [2.05, 4.69) is 26.8 Å². The van der Waals surface area contributed by atoms with Crippen molar-refractivity contribution in [2.75, 3.05) is 19.6 Å². The van der Waals surface area contributed by atoms with Crippen LogP contribution in [0.15, 0.2) is 25.0 Å². The molecular weight excluding hydrogens is 374 g/mol. The van der Waals surface area contributed by atoms with Crippen molar-refractivity contribution in [3.63, 3.8) is 0 Å². The van der Waals surface area contributed by atoms with Crippen molar-refractivity contribution < 1.29 is 19.4 Å². The zero-order valence-corrected chi connectivity index (χ0v) is 16.2. The predicted molar refractivity (Wildman–Crippen MR) is 105 cm³/mol. The van der Waals surface area contributed by atoms with Crippen molar-refractivity contribution in [2.45, 2.75) is 43.8 Å². The number of hydrogen-bond donors (Lipinski definition) is 3. The average Bonchev–Trinajstić information content (AvgIpc) is 3.14. The van der Waals surface area contributed by atoms with Gasteiger partial charge in [-0.25, -0.2) is 9.97 Å². The zero-order valence-electron chi connectivity index (χ0n) is 16.2. The van der Waals surface area contributed by atoms with Crippen molar-refractivity contribution >= 4 is 23.0 Å². The van der Waals surface area contributed by atoms with Crippen molar-refractivity contribution in [2.24, 2.45) is 0 Å². The number of aliphatic hydroxyl groups is 1. The number of hydrogen-bond acceptors (Lipinski definition) is 6. The Morgan fingerprint density at radius 3 is 2.83 bits per heavy atom. The van der Waals surface area contributed by atoms with E-state index in [1.807, 2.05) is 0 Å². The van der Waals surface area contributed by atoms with Crippen LogP contribution in [0.5, 0.6) is 5.88 Å². The number of amides is 2. The number of fused-ring (bicyclic) bond motifs is 1. The standard InChI is InChI=1S/C20H25N5O4/c1-2-16(26)25-8-4-13(5-9-25)29-15-11-22-18-17(24-15)14(10-21-18)19(27)23-12-20(28)6-3-7-20/h2,10-11,13,28H,1,3-9,12H2,(H,21,22)(H,23,27). The summed E-state index contributed by atoms with van der Waals surface area (Å²) in [6.45, 7) is 4.95. The summed E-state index contributed by atoms with van der Waals surface area (Å²) in [5, 5.41) is 12.9. The van der Waals surface area contributed by atoms with Gasteiger partial charge in [0.05, 0.1) is 17.4 Å². The van der Waals surface area contributed by atoms with Gasteiger partial charge in [0.1, 0.15) is 11.6 Å². The first-order valence-corrected chi connectivity index (χ1v) is 9.90. The number of H-pyrrole nitrogens is 1. The van der Waals surface area contributed by atoms with Gasteiger partial charge in [0.25, 0.3) is 5.91 Å². The molecule has 1 saturated heterocycles. The van der Waals surface area contributed by atoms with Gasteiger partial charge in [-0.15, -0.1) is 0 Å². The minimum Gasteiger partial charge on any atom is -0.473 e. The average molecular weight is 399 g/mol. The van der Waals surface area contributed by atoms with Crippen LogP contribution in [0.2, 0.25) is 0 Å². The van der Waals surface area contributed by atoms with E-state index in [9.17, 15) is 14.7 Å². The van der Waals surface area contributed by atoms with Crippen LogP contribution >= 0.6 is 0 Å². The second kappa shape index (κ2) is 7.82. The molecule has 0 bridgehead atoms. The van der Waals surface area contributed by atoms with Gasteiger partial charge in [0, 0.05) is 38.7 Å². The molecule has 0 spiro atoms. The minimum atomic E-state index is -0.788. The number of carbonyl (C=O) groups excluding carboxylic acids is 2. The summed E-state index contributed by atoms with van der Waals surface area (Å²) in [5.41, 5.74) is 0.507. The molecule has 9 nitrogen and oxygen atoms in total. The molecule has 4 rings (SSSR count). The monoisotopic (exact) mass is 399 g/mol. The number of piperidine rings is 1. The maximum absolute atomic E-state index is 12.5. The van der Waals surface area contributed by atoms with Crippen LogP contribution in [0.4, 0.5) is 0 Å². The second-order valence-electron chi connectivity index (χ2n) is 7.71. The van der Waals surface area contributed by atoms with Crippen LogP contribution in [0.3, 0.4) is 0 Å². The Balaban J connectivity index is 1.41. The number of carbonyl (C=O) groups is 2. The van der Waals surface area contributed by atoms with Crippen molar-refractivity contribution in [1.82, 2.24) is 25.2 Å². The highest BCUT2D eigenvalue weighted by Crippen LogP contribution is 2.30. The molecule has 2 aliphatic rings. The lowest BCUT2D eigenvalue weighted by molar-refractivity contribution is -0.127. The molecule has 0 radical (unpaired) electrons. The topological polar surface area (TPSA) is 120 Å². The molecule has 9 heteroatoms. The lowest BCUT2D eigenvalue weighted by Gasteiger charge is -2.36. The van der Waals surface area contributed by atoms with Gasteiger partial charge in [-0.3, -0.25) is 9.59 Å². The molecule has 2 aromatic rings. The lowest BCUT2D eigenvalue weighted by atomic mass is 9.80. The van der Waals surface area contributed by atoms with Gasteiger partial charge in [-0.2, -0.15) is 0 Å². The number of ether oxygens (including phenoxy) is 1. The predicted octanol–water partition coefficient (Wildman–Crippen LogP) is 1.16. The van der Waals surface area contributed by atoms with E-state index >= 15 is 0 Å². The normalized spacial score (nSPS) is 18.9. The number of aromatic nitrogens is 3. The Morgan fingerprint density at radius 2 is 2.17 bits per heavy atom. The molecule has 3 N–H and O–H groups in total. The quantitative estimate of drug-likeness (QED) is 0.627. The molecule has 2 amide bonds. The number of rotatable bonds is 6. The highest BCUT2D eigenvalue weighted by atomic mass is 16.5. The summed E-state index contributed by atoms with van der Waals surface area (Å²) in [6.07, 6.45) is 8.12. The fourth-order valence-electron chi connectivity index (χ4n) is 3.70. The molecule has 0 aromatic carbocycles. The summed E-state index contributed by atoms with van der Waals surface area (Å²) in [5.74, 6) is -0.0317. The van der Waals surface area contributed by atoms with Crippen LogP contribution in [0.1, 0.15) is 42.5 Å². The van der Waals surface area contributed by atoms with Crippen molar-refractivity contribution in [1.29, 1.82) is 0 Å². The van der Waals surface area contributed by atoms with E-state index in [0.29, 0.717) is 61.4 Å². The summed E-state index contributed by atoms with van der Waals surface area (Å²) in [4.78, 5) is 37.7. The highest BCUT2D eigenvalue weighted by Gasteiger charge is 2.34. The van der Waals surface area contributed by atoms with Gasteiger partial charge in [0.2, 0.25) is 11.8 Å². The van der Waals surface area contributed by atoms with E-state index in [4.69, 9.17) is 4.74 Å². The van der Waals surface area contributed by atoms with Crippen molar-refractivity contribution in [3.8, 4) is 5.88 Å². The van der Waals surface area contributed by atoms with Gasteiger partial charge in [-0.1, -0.05) is 6.58 Å². The smallest absolute Gasteiger partial charge is 0.255 e. The van der Waals surface area contributed by atoms with Gasteiger partial charge in [-0.05, 0) is 25.3 Å². The molecule has 154 valence electrons. The molecular formula is C20H25N5O4. The Morgan fingerprint density at radius 1 is 1.41 bits per heavy atom. The van der Waals surface area contributed by atoms with Gasteiger partial charge >= 0.3 is 0 Å². The lowest BCUT2D eigenvalue weighted by Crippen LogP contribution is -2.47. The van der Waals surface area contributed by atoms with Gasteiger partial charge < -0.3 is 25.0 Å². The molecule has 1 saturated carbocycles. The summed E-state index contributed by atoms with van der Waals surface area (Å²) < 4.78 is 5.95. The van der Waals surface area contributed by atoms with E-state index in [0.717, 1.165) is 6.42 Å². The molecule has 3 heterocycles. The van der Waals surface area contributed by atoms with Gasteiger partial charge in [0.15, 0.2) is 5.65 Å². The van der Waals surface area contributed by atoms with E-state index in [-0.39, 0.29) is 24.5 Å². The third kappa shape index (κ3) is 4.09. The number of likely N-dealkylation sites (tertiary alicyclic amines) is 1. The van der Waals surface area contributed by atoms with E-state index in [1.165, 1.54) is 12.3 Å². The van der Waals surface area contributed by atoms with Crippen molar-refractivity contribution in [3.05, 3.63) is 30.6 Å². The molecule has 2 aromatic heterocycles.